The number of ether oxygens (including phenoxy) is 3. The van der Waals surface area contributed by atoms with E-state index in [9.17, 15) is 4.79 Å². The molecular formula is C8H19NO4. The second-order valence-corrected chi connectivity index (χ2v) is 2.54. The van der Waals surface area contributed by atoms with Crippen LogP contribution in [-0.4, -0.2) is 52.7 Å². The molecule has 5 nitrogen and oxygen atoms in total. The van der Waals surface area contributed by atoms with Crippen LogP contribution in [0.2, 0.25) is 0 Å². The van der Waals surface area contributed by atoms with Gasteiger partial charge in [0.15, 0.2) is 0 Å². The van der Waals surface area contributed by atoms with Crippen molar-refractivity contribution in [2.45, 2.75) is 12.9 Å². The van der Waals surface area contributed by atoms with Crippen LogP contribution in [-0.2, 0) is 19.0 Å². The van der Waals surface area contributed by atoms with Crippen LogP contribution in [0.1, 0.15) is 6.92 Å². The third-order valence-corrected chi connectivity index (χ3v) is 1.32. The van der Waals surface area contributed by atoms with E-state index >= 15 is 0 Å². The van der Waals surface area contributed by atoms with Crippen molar-refractivity contribution in [3.05, 3.63) is 0 Å². The van der Waals surface area contributed by atoms with Gasteiger partial charge >= 0.3 is 0 Å². The SMILES string of the molecule is CN(C)C=O.COC(C)(OC)OC. The van der Waals surface area contributed by atoms with Gasteiger partial charge in [-0.3, -0.25) is 4.79 Å². The average molecular weight is 193 g/mol. The lowest BCUT2D eigenvalue weighted by Crippen LogP contribution is -2.31. The fraction of sp³-hybridized carbons (Fsp3) is 0.875. The van der Waals surface area contributed by atoms with Crippen molar-refractivity contribution in [2.24, 2.45) is 0 Å². The molecule has 0 saturated heterocycles. The highest BCUT2D eigenvalue weighted by atomic mass is 16.9. The molecule has 0 aliphatic heterocycles. The molecule has 80 valence electrons. The lowest BCUT2D eigenvalue weighted by atomic mass is 10.6. The van der Waals surface area contributed by atoms with Crippen molar-refractivity contribution in [3.8, 4) is 0 Å². The van der Waals surface area contributed by atoms with Gasteiger partial charge in [0.25, 0.3) is 5.97 Å². The quantitative estimate of drug-likeness (QED) is 0.476. The predicted octanol–water partition coefficient (Wildman–Crippen LogP) is 0.304. The lowest BCUT2D eigenvalue weighted by Gasteiger charge is -2.23. The van der Waals surface area contributed by atoms with Gasteiger partial charge in [-0.2, -0.15) is 0 Å². The number of methoxy groups -OCH3 is 3. The molecule has 0 radical (unpaired) electrons. The molecule has 0 aromatic heterocycles. The van der Waals surface area contributed by atoms with Crippen molar-refractivity contribution in [1.82, 2.24) is 4.90 Å². The maximum atomic E-state index is 9.43. The summed E-state index contributed by atoms with van der Waals surface area (Å²) in [5, 5.41) is 0. The monoisotopic (exact) mass is 193 g/mol. The van der Waals surface area contributed by atoms with Crippen LogP contribution in [0.15, 0.2) is 0 Å². The van der Waals surface area contributed by atoms with Crippen molar-refractivity contribution in [3.63, 3.8) is 0 Å². The largest absolute Gasteiger partial charge is 0.351 e. The number of amides is 1. The Hall–Kier alpha value is -0.650. The summed E-state index contributed by atoms with van der Waals surface area (Å²) in [6.45, 7) is 1.69. The third kappa shape index (κ3) is 9.26. The molecule has 0 aromatic carbocycles. The maximum Gasteiger partial charge on any atom is 0.279 e. The normalized spacial score (nSPS) is 10.0. The molecule has 0 aliphatic rings. The van der Waals surface area contributed by atoms with Gasteiger partial charge in [0.05, 0.1) is 0 Å². The number of rotatable bonds is 4. The number of carbonyl (C=O) groups is 1. The number of nitrogens with zero attached hydrogens (tertiary/aromatic N) is 1. The Morgan fingerprint density at radius 2 is 1.31 bits per heavy atom. The summed E-state index contributed by atoms with van der Waals surface area (Å²) in [5.41, 5.74) is 0. The van der Waals surface area contributed by atoms with Crippen LogP contribution in [0.4, 0.5) is 0 Å². The minimum Gasteiger partial charge on any atom is -0.351 e. The first-order chi connectivity index (χ1) is 5.95. The highest BCUT2D eigenvalue weighted by Crippen LogP contribution is 2.08. The van der Waals surface area contributed by atoms with Gasteiger partial charge in [0.1, 0.15) is 0 Å². The van der Waals surface area contributed by atoms with E-state index in [2.05, 4.69) is 0 Å². The van der Waals surface area contributed by atoms with Gasteiger partial charge in [-0.15, -0.1) is 0 Å². The van der Waals surface area contributed by atoms with E-state index in [1.54, 1.807) is 21.0 Å². The molecular weight excluding hydrogens is 174 g/mol. The number of hydrogen-bond acceptors (Lipinski definition) is 4. The first-order valence-corrected chi connectivity index (χ1v) is 3.73. The van der Waals surface area contributed by atoms with Gasteiger partial charge in [0.2, 0.25) is 6.41 Å². The van der Waals surface area contributed by atoms with Gasteiger partial charge in [-0.1, -0.05) is 0 Å². The van der Waals surface area contributed by atoms with Gasteiger partial charge in [0, 0.05) is 42.3 Å². The number of carbonyl (C=O) groups excluding carboxylic acids is 1. The van der Waals surface area contributed by atoms with E-state index in [0.717, 1.165) is 6.41 Å². The molecule has 0 bridgehead atoms. The summed E-state index contributed by atoms with van der Waals surface area (Å²) in [4.78, 5) is 10.9. The molecule has 0 heterocycles. The average Bonchev–Trinajstić information content (AvgIpc) is 2.17. The predicted molar refractivity (Wildman–Crippen MR) is 49.2 cm³/mol. The summed E-state index contributed by atoms with van der Waals surface area (Å²) >= 11 is 0. The Balaban J connectivity index is 0. The molecule has 0 fully saturated rings. The highest BCUT2D eigenvalue weighted by molar-refractivity contribution is 5.45. The topological polar surface area (TPSA) is 48.0 Å². The fourth-order valence-corrected chi connectivity index (χ4v) is 0.250. The van der Waals surface area contributed by atoms with Crippen molar-refractivity contribution < 1.29 is 19.0 Å². The fourth-order valence-electron chi connectivity index (χ4n) is 0.250. The van der Waals surface area contributed by atoms with E-state index in [1.165, 1.54) is 26.2 Å². The summed E-state index contributed by atoms with van der Waals surface area (Å²) in [5.74, 6) is -0.875. The first-order valence-electron chi connectivity index (χ1n) is 3.73. The lowest BCUT2D eigenvalue weighted by molar-refractivity contribution is -0.340. The zero-order valence-corrected chi connectivity index (χ0v) is 9.16. The maximum absolute atomic E-state index is 9.43. The Morgan fingerprint density at radius 1 is 1.08 bits per heavy atom. The minimum absolute atomic E-state index is 0.750. The second-order valence-electron chi connectivity index (χ2n) is 2.54. The first kappa shape index (κ1) is 14.9. The highest BCUT2D eigenvalue weighted by Gasteiger charge is 2.20. The van der Waals surface area contributed by atoms with Crippen molar-refractivity contribution >= 4 is 6.41 Å². The zero-order chi connectivity index (χ0) is 10.9. The van der Waals surface area contributed by atoms with Crippen molar-refractivity contribution in [2.75, 3.05) is 35.4 Å². The summed E-state index contributed by atoms with van der Waals surface area (Å²) in [6.07, 6.45) is 0.750. The van der Waals surface area contributed by atoms with E-state index in [1.807, 2.05) is 0 Å². The van der Waals surface area contributed by atoms with E-state index < -0.39 is 5.97 Å². The molecule has 1 amide bonds. The van der Waals surface area contributed by atoms with E-state index in [-0.39, 0.29) is 0 Å². The van der Waals surface area contributed by atoms with Crippen LogP contribution in [0, 0.1) is 0 Å². The molecule has 5 heteroatoms. The Kier molecular flexibility index (Phi) is 9.11. The molecule has 0 atom stereocenters. The van der Waals surface area contributed by atoms with Gasteiger partial charge in [-0.25, -0.2) is 0 Å². The molecule has 13 heavy (non-hydrogen) atoms. The molecule has 0 rings (SSSR count). The summed E-state index contributed by atoms with van der Waals surface area (Å²) in [7, 11) is 7.94. The standard InChI is InChI=1S/C5H12O3.C3H7NO/c1-5(6-2,7-3)8-4;1-4(2)3-5/h1-4H3;3H,1-2H3. The summed E-state index contributed by atoms with van der Waals surface area (Å²) in [6, 6.07) is 0. The van der Waals surface area contributed by atoms with E-state index in [0.29, 0.717) is 0 Å². The Labute approximate surface area is 79.6 Å². The zero-order valence-electron chi connectivity index (χ0n) is 9.16. The van der Waals surface area contributed by atoms with Crippen LogP contribution in [0.25, 0.3) is 0 Å². The van der Waals surface area contributed by atoms with Crippen LogP contribution >= 0.6 is 0 Å². The van der Waals surface area contributed by atoms with E-state index in [4.69, 9.17) is 14.2 Å². The molecule has 0 aliphatic carbocycles. The third-order valence-electron chi connectivity index (χ3n) is 1.32. The van der Waals surface area contributed by atoms with Crippen molar-refractivity contribution in [1.29, 1.82) is 0 Å². The van der Waals surface area contributed by atoms with Crippen LogP contribution in [0.3, 0.4) is 0 Å². The molecule has 0 spiro atoms. The van der Waals surface area contributed by atoms with Gasteiger partial charge < -0.3 is 19.1 Å². The molecule has 0 aromatic rings. The molecule has 0 unspecified atom stereocenters. The Bertz CT molecular complexity index is 115. The Morgan fingerprint density at radius 3 is 1.31 bits per heavy atom. The smallest absolute Gasteiger partial charge is 0.279 e. The summed E-state index contributed by atoms with van der Waals surface area (Å²) < 4.78 is 14.4. The minimum atomic E-state index is -0.875. The van der Waals surface area contributed by atoms with Crippen LogP contribution in [0.5, 0.6) is 0 Å². The molecule has 0 saturated carbocycles. The second kappa shape index (κ2) is 7.97. The molecule has 0 N–H and O–H groups in total. The van der Waals surface area contributed by atoms with Crippen LogP contribution < -0.4 is 0 Å². The van der Waals surface area contributed by atoms with Gasteiger partial charge in [-0.05, 0) is 0 Å². The number of hydrogen-bond donors (Lipinski definition) is 0.